The molecule has 2 N–H and O–H groups in total. The molecule has 6 nitrogen and oxygen atoms in total. The summed E-state index contributed by atoms with van der Waals surface area (Å²) in [6.07, 6.45) is 6.73. The summed E-state index contributed by atoms with van der Waals surface area (Å²) in [5.74, 6) is -0.379. The van der Waals surface area contributed by atoms with E-state index in [0.717, 1.165) is 11.1 Å². The van der Waals surface area contributed by atoms with Gasteiger partial charge in [-0.15, -0.1) is 0 Å². The van der Waals surface area contributed by atoms with Gasteiger partial charge in [-0.3, -0.25) is 19.6 Å². The van der Waals surface area contributed by atoms with Crippen LogP contribution in [0.15, 0.2) is 73.3 Å². The van der Waals surface area contributed by atoms with E-state index in [9.17, 15) is 9.59 Å². The lowest BCUT2D eigenvalue weighted by molar-refractivity contribution is 0.0939. The van der Waals surface area contributed by atoms with Gasteiger partial charge < -0.3 is 10.6 Å². The van der Waals surface area contributed by atoms with Crippen molar-refractivity contribution >= 4 is 11.8 Å². The summed E-state index contributed by atoms with van der Waals surface area (Å²) in [6.45, 7) is 0.852. The maximum Gasteiger partial charge on any atom is 0.251 e. The van der Waals surface area contributed by atoms with Gasteiger partial charge in [-0.2, -0.15) is 0 Å². The fourth-order valence-corrected chi connectivity index (χ4v) is 2.34. The molecule has 6 heteroatoms. The Bertz CT molecular complexity index is 791. The van der Waals surface area contributed by atoms with Crippen LogP contribution in [-0.4, -0.2) is 21.8 Å². The normalized spacial score (nSPS) is 10.2. The van der Waals surface area contributed by atoms with Crippen molar-refractivity contribution in [3.8, 4) is 0 Å². The lowest BCUT2D eigenvalue weighted by Crippen LogP contribution is -2.24. The summed E-state index contributed by atoms with van der Waals surface area (Å²) in [7, 11) is 0. The van der Waals surface area contributed by atoms with Crippen molar-refractivity contribution in [2.75, 3.05) is 0 Å². The predicted octanol–water partition coefficient (Wildman–Crippen LogP) is 2.34. The molecule has 0 aliphatic rings. The average Bonchev–Trinajstić information content (AvgIpc) is 2.72. The summed E-state index contributed by atoms with van der Waals surface area (Å²) in [4.78, 5) is 32.2. The molecule has 0 spiro atoms. The molecule has 0 aliphatic heterocycles. The number of amides is 2. The first-order valence-corrected chi connectivity index (χ1v) is 8.16. The molecule has 26 heavy (non-hydrogen) atoms. The largest absolute Gasteiger partial charge is 0.348 e. The second-order valence-electron chi connectivity index (χ2n) is 5.65. The van der Waals surface area contributed by atoms with Gasteiger partial charge in [-0.25, -0.2) is 0 Å². The zero-order valence-electron chi connectivity index (χ0n) is 14.1. The van der Waals surface area contributed by atoms with Gasteiger partial charge in [0, 0.05) is 49.0 Å². The number of nitrogens with zero attached hydrogens (tertiary/aromatic N) is 2. The summed E-state index contributed by atoms with van der Waals surface area (Å²) < 4.78 is 0. The van der Waals surface area contributed by atoms with E-state index in [1.165, 1.54) is 0 Å². The maximum absolute atomic E-state index is 12.2. The number of rotatable bonds is 6. The van der Waals surface area contributed by atoms with E-state index in [-0.39, 0.29) is 11.8 Å². The zero-order chi connectivity index (χ0) is 18.2. The molecule has 3 aromatic rings. The van der Waals surface area contributed by atoms with Crippen LogP contribution in [-0.2, 0) is 13.1 Å². The summed E-state index contributed by atoms with van der Waals surface area (Å²) in [5, 5.41) is 5.67. The summed E-state index contributed by atoms with van der Waals surface area (Å²) in [6, 6.07) is 13.9. The molecule has 3 rings (SSSR count). The van der Waals surface area contributed by atoms with Crippen molar-refractivity contribution in [2.24, 2.45) is 0 Å². The third-order valence-electron chi connectivity index (χ3n) is 3.81. The van der Waals surface area contributed by atoms with Gasteiger partial charge in [0.05, 0.1) is 0 Å². The maximum atomic E-state index is 12.2. The molecule has 130 valence electrons. The number of nitrogens with one attached hydrogen (secondary N) is 2. The first kappa shape index (κ1) is 17.3. The van der Waals surface area contributed by atoms with E-state index in [1.54, 1.807) is 49.1 Å². The number of hydrogen-bond acceptors (Lipinski definition) is 4. The number of carbonyl (C=O) groups is 2. The average molecular weight is 346 g/mol. The first-order chi connectivity index (χ1) is 12.7. The molecule has 1 aromatic carbocycles. The number of aromatic nitrogens is 2. The van der Waals surface area contributed by atoms with E-state index in [4.69, 9.17) is 0 Å². The van der Waals surface area contributed by atoms with Crippen LogP contribution >= 0.6 is 0 Å². The highest BCUT2D eigenvalue weighted by Gasteiger charge is 2.09. The van der Waals surface area contributed by atoms with E-state index >= 15 is 0 Å². The Balaban J connectivity index is 1.53. The van der Waals surface area contributed by atoms with Gasteiger partial charge in [0.1, 0.15) is 0 Å². The van der Waals surface area contributed by atoms with Gasteiger partial charge in [0.15, 0.2) is 0 Å². The predicted molar refractivity (Wildman–Crippen MR) is 97.3 cm³/mol. The smallest absolute Gasteiger partial charge is 0.251 e. The van der Waals surface area contributed by atoms with E-state index in [0.29, 0.717) is 24.2 Å². The first-order valence-electron chi connectivity index (χ1n) is 8.16. The molecule has 0 saturated heterocycles. The number of carbonyl (C=O) groups excluding carboxylic acids is 2. The van der Waals surface area contributed by atoms with Crippen molar-refractivity contribution in [1.29, 1.82) is 0 Å². The van der Waals surface area contributed by atoms with Crippen molar-refractivity contribution in [3.63, 3.8) is 0 Å². The van der Waals surface area contributed by atoms with Gasteiger partial charge in [0.2, 0.25) is 0 Å². The fourth-order valence-electron chi connectivity index (χ4n) is 2.34. The van der Waals surface area contributed by atoms with Crippen molar-refractivity contribution < 1.29 is 9.59 Å². The van der Waals surface area contributed by atoms with Gasteiger partial charge in [-0.05, 0) is 59.7 Å². The standard InChI is InChI=1S/C20H18N4O2/c25-19(23-13-15-5-9-21-10-6-15)17-1-2-18(4-3-17)20(26)24-14-16-7-11-22-12-8-16/h1-12H,13-14H2,(H,23,25)(H,24,26). The zero-order valence-corrected chi connectivity index (χ0v) is 14.1. The quantitative estimate of drug-likeness (QED) is 0.717. The minimum Gasteiger partial charge on any atom is -0.348 e. The molecule has 0 aliphatic carbocycles. The molecule has 2 aromatic heterocycles. The highest BCUT2D eigenvalue weighted by Crippen LogP contribution is 2.06. The van der Waals surface area contributed by atoms with E-state index < -0.39 is 0 Å². The number of hydrogen-bond donors (Lipinski definition) is 2. The topological polar surface area (TPSA) is 84.0 Å². The Morgan fingerprint density at radius 3 is 1.31 bits per heavy atom. The lowest BCUT2D eigenvalue weighted by Gasteiger charge is -2.07. The second kappa shape index (κ2) is 8.53. The van der Waals surface area contributed by atoms with Crippen LogP contribution in [0.4, 0.5) is 0 Å². The van der Waals surface area contributed by atoms with Crippen molar-refractivity contribution in [3.05, 3.63) is 95.6 Å². The molecule has 0 bridgehead atoms. The van der Waals surface area contributed by atoms with Crippen molar-refractivity contribution in [2.45, 2.75) is 13.1 Å². The monoisotopic (exact) mass is 346 g/mol. The highest BCUT2D eigenvalue weighted by atomic mass is 16.2. The van der Waals surface area contributed by atoms with Crippen LogP contribution in [0.1, 0.15) is 31.8 Å². The molecule has 2 amide bonds. The van der Waals surface area contributed by atoms with E-state index in [2.05, 4.69) is 20.6 Å². The second-order valence-corrected chi connectivity index (χ2v) is 5.65. The Hall–Kier alpha value is -3.54. The number of pyridine rings is 2. The molecular weight excluding hydrogens is 328 g/mol. The van der Waals surface area contributed by atoms with Gasteiger partial charge in [0.25, 0.3) is 11.8 Å². The Morgan fingerprint density at radius 2 is 0.962 bits per heavy atom. The summed E-state index contributed by atoms with van der Waals surface area (Å²) >= 11 is 0. The minimum absolute atomic E-state index is 0.189. The van der Waals surface area contributed by atoms with Crippen molar-refractivity contribution in [1.82, 2.24) is 20.6 Å². The van der Waals surface area contributed by atoms with Crippen LogP contribution in [0.2, 0.25) is 0 Å². The third kappa shape index (κ3) is 4.73. The molecule has 2 heterocycles. The van der Waals surface area contributed by atoms with Crippen LogP contribution in [0, 0.1) is 0 Å². The molecule has 0 unspecified atom stereocenters. The van der Waals surface area contributed by atoms with Crippen LogP contribution < -0.4 is 10.6 Å². The van der Waals surface area contributed by atoms with E-state index in [1.807, 2.05) is 24.3 Å². The third-order valence-corrected chi connectivity index (χ3v) is 3.81. The summed E-state index contributed by atoms with van der Waals surface area (Å²) in [5.41, 5.74) is 2.95. The molecule has 0 fully saturated rings. The Kier molecular flexibility index (Phi) is 5.67. The van der Waals surface area contributed by atoms with Crippen LogP contribution in [0.5, 0.6) is 0 Å². The van der Waals surface area contributed by atoms with Gasteiger partial charge >= 0.3 is 0 Å². The Morgan fingerprint density at radius 1 is 0.615 bits per heavy atom. The van der Waals surface area contributed by atoms with Crippen LogP contribution in [0.25, 0.3) is 0 Å². The molecule has 0 radical (unpaired) electrons. The molecular formula is C20H18N4O2. The fraction of sp³-hybridized carbons (Fsp3) is 0.100. The highest BCUT2D eigenvalue weighted by molar-refractivity contribution is 5.97. The van der Waals surface area contributed by atoms with Gasteiger partial charge in [-0.1, -0.05) is 0 Å². The minimum atomic E-state index is -0.189. The lowest BCUT2D eigenvalue weighted by atomic mass is 10.1. The number of benzene rings is 1. The Labute approximate surface area is 151 Å². The molecule has 0 atom stereocenters. The SMILES string of the molecule is O=C(NCc1ccncc1)c1ccc(C(=O)NCc2ccncc2)cc1. The molecule has 0 saturated carbocycles. The van der Waals surface area contributed by atoms with Crippen LogP contribution in [0.3, 0.4) is 0 Å².